The molecule has 3 amide bonds. The normalized spacial score (nSPS) is 25.3. The zero-order valence-corrected chi connectivity index (χ0v) is 14.7. The van der Waals surface area contributed by atoms with Gasteiger partial charge in [-0.3, -0.25) is 19.3 Å². The van der Waals surface area contributed by atoms with E-state index in [1.165, 1.54) is 15.9 Å². The number of hydrogen-bond acceptors (Lipinski definition) is 3. The van der Waals surface area contributed by atoms with Gasteiger partial charge in [-0.2, -0.15) is 0 Å². The number of fused-ring (bicyclic) bond motifs is 2. The van der Waals surface area contributed by atoms with Gasteiger partial charge >= 0.3 is 0 Å². The average Bonchev–Trinajstić information content (AvgIpc) is 2.90. The Morgan fingerprint density at radius 1 is 1.08 bits per heavy atom. The van der Waals surface area contributed by atoms with Crippen molar-refractivity contribution in [3.63, 3.8) is 0 Å². The molecule has 2 unspecified atom stereocenters. The van der Waals surface area contributed by atoms with Crippen LogP contribution in [0.4, 0.5) is 10.1 Å². The number of nitrogens with zero attached hydrogens (tertiary/aromatic N) is 2. The number of para-hydroxylation sites is 1. The van der Waals surface area contributed by atoms with Crippen LogP contribution in [0.3, 0.4) is 0 Å². The predicted octanol–water partition coefficient (Wildman–Crippen LogP) is 2.67. The highest BCUT2D eigenvalue weighted by Crippen LogP contribution is 2.38. The van der Waals surface area contributed by atoms with E-state index in [0.29, 0.717) is 12.2 Å². The first-order chi connectivity index (χ1) is 12.6. The van der Waals surface area contributed by atoms with Crippen molar-refractivity contribution in [2.45, 2.75) is 44.9 Å². The van der Waals surface area contributed by atoms with Crippen molar-refractivity contribution in [3.05, 3.63) is 29.6 Å². The molecule has 2 atom stereocenters. The highest BCUT2D eigenvalue weighted by Gasteiger charge is 2.48. The van der Waals surface area contributed by atoms with Crippen LogP contribution in [0.25, 0.3) is 0 Å². The molecule has 0 radical (unpaired) electrons. The van der Waals surface area contributed by atoms with Gasteiger partial charge < -0.3 is 4.90 Å². The second-order valence-electron chi connectivity index (χ2n) is 7.47. The molecule has 26 heavy (non-hydrogen) atoms. The minimum Gasteiger partial charge on any atom is -0.309 e. The average molecular weight is 358 g/mol. The molecular formula is C20H23FN2O3. The quantitative estimate of drug-likeness (QED) is 0.781. The Labute approximate surface area is 152 Å². The van der Waals surface area contributed by atoms with Crippen LogP contribution >= 0.6 is 0 Å². The second-order valence-corrected chi connectivity index (χ2v) is 7.47. The number of aryl methyl sites for hydroxylation is 1. The number of rotatable bonds is 3. The van der Waals surface area contributed by atoms with Crippen LogP contribution in [0.15, 0.2) is 18.2 Å². The Bertz CT molecular complexity index is 739. The van der Waals surface area contributed by atoms with Gasteiger partial charge in [0.15, 0.2) is 0 Å². The largest absolute Gasteiger partial charge is 0.309 e. The number of anilines is 1. The van der Waals surface area contributed by atoms with Crippen LogP contribution in [0.1, 0.15) is 44.1 Å². The highest BCUT2D eigenvalue weighted by atomic mass is 19.1. The van der Waals surface area contributed by atoms with E-state index in [9.17, 15) is 18.8 Å². The van der Waals surface area contributed by atoms with E-state index >= 15 is 0 Å². The summed E-state index contributed by atoms with van der Waals surface area (Å²) in [5.74, 6) is -1.27. The summed E-state index contributed by atoms with van der Waals surface area (Å²) in [5.41, 5.74) is 1.19. The van der Waals surface area contributed by atoms with E-state index in [1.54, 1.807) is 6.07 Å². The first-order valence-electron chi connectivity index (χ1n) is 9.51. The van der Waals surface area contributed by atoms with Gasteiger partial charge in [-0.15, -0.1) is 0 Å². The number of hydrogen-bond donors (Lipinski definition) is 0. The molecule has 2 fully saturated rings. The summed E-state index contributed by atoms with van der Waals surface area (Å²) >= 11 is 0. The molecule has 1 aromatic carbocycles. The fourth-order valence-electron chi connectivity index (χ4n) is 4.65. The molecule has 5 nitrogen and oxygen atoms in total. The Kier molecular flexibility index (Phi) is 4.51. The SMILES string of the molecule is O=C1C2CCCCC2C(=O)N1CCC(=O)N1CCCc2cccc(F)c21. The van der Waals surface area contributed by atoms with Crippen molar-refractivity contribution >= 4 is 23.4 Å². The minimum atomic E-state index is -0.394. The van der Waals surface area contributed by atoms with Crippen LogP contribution in [0.2, 0.25) is 0 Å². The third kappa shape index (κ3) is 2.81. The maximum Gasteiger partial charge on any atom is 0.233 e. The maximum atomic E-state index is 14.2. The van der Waals surface area contributed by atoms with Gasteiger partial charge in [0.2, 0.25) is 17.7 Å². The van der Waals surface area contributed by atoms with Crippen molar-refractivity contribution < 1.29 is 18.8 Å². The molecule has 3 aliphatic rings. The van der Waals surface area contributed by atoms with Crippen LogP contribution < -0.4 is 4.90 Å². The van der Waals surface area contributed by atoms with Crippen molar-refractivity contribution in [1.29, 1.82) is 0 Å². The zero-order valence-electron chi connectivity index (χ0n) is 14.7. The zero-order chi connectivity index (χ0) is 18.3. The summed E-state index contributed by atoms with van der Waals surface area (Å²) in [4.78, 5) is 40.5. The van der Waals surface area contributed by atoms with E-state index < -0.39 is 5.82 Å². The Hall–Kier alpha value is -2.24. The third-order valence-electron chi connectivity index (χ3n) is 5.95. The number of imide groups is 1. The van der Waals surface area contributed by atoms with E-state index in [0.717, 1.165) is 44.1 Å². The molecule has 1 aromatic rings. The Morgan fingerprint density at radius 2 is 1.77 bits per heavy atom. The molecule has 4 rings (SSSR count). The van der Waals surface area contributed by atoms with Crippen LogP contribution in [-0.4, -0.2) is 35.7 Å². The van der Waals surface area contributed by atoms with Crippen LogP contribution in [0.5, 0.6) is 0 Å². The third-order valence-corrected chi connectivity index (χ3v) is 5.95. The van der Waals surface area contributed by atoms with Gasteiger partial charge in [-0.05, 0) is 37.3 Å². The van der Waals surface area contributed by atoms with Gasteiger partial charge in [0.1, 0.15) is 5.82 Å². The predicted molar refractivity (Wildman–Crippen MR) is 93.9 cm³/mol. The van der Waals surface area contributed by atoms with Crippen molar-refractivity contribution in [2.75, 3.05) is 18.0 Å². The second kappa shape index (κ2) is 6.82. The molecule has 1 saturated heterocycles. The summed E-state index contributed by atoms with van der Waals surface area (Å²) in [5, 5.41) is 0. The molecule has 1 aliphatic carbocycles. The monoisotopic (exact) mass is 358 g/mol. The number of carbonyl (C=O) groups is 3. The van der Waals surface area contributed by atoms with E-state index in [-0.39, 0.29) is 42.5 Å². The Morgan fingerprint density at radius 3 is 2.46 bits per heavy atom. The fraction of sp³-hybridized carbons (Fsp3) is 0.550. The van der Waals surface area contributed by atoms with E-state index in [2.05, 4.69) is 0 Å². The van der Waals surface area contributed by atoms with Gasteiger partial charge in [-0.1, -0.05) is 25.0 Å². The lowest BCUT2D eigenvalue weighted by molar-refractivity contribution is -0.140. The first kappa shape index (κ1) is 17.2. The molecule has 0 spiro atoms. The molecule has 6 heteroatoms. The van der Waals surface area contributed by atoms with E-state index in [4.69, 9.17) is 0 Å². The van der Waals surface area contributed by atoms with Crippen LogP contribution in [-0.2, 0) is 20.8 Å². The molecule has 0 bridgehead atoms. The molecule has 2 heterocycles. The van der Waals surface area contributed by atoms with E-state index in [1.807, 2.05) is 6.07 Å². The molecule has 2 aliphatic heterocycles. The summed E-state index contributed by atoms with van der Waals surface area (Å²) in [7, 11) is 0. The topological polar surface area (TPSA) is 57.7 Å². The smallest absolute Gasteiger partial charge is 0.233 e. The van der Waals surface area contributed by atoms with Crippen LogP contribution in [0, 0.1) is 17.7 Å². The first-order valence-corrected chi connectivity index (χ1v) is 9.51. The minimum absolute atomic E-state index is 0.0463. The van der Waals surface area contributed by atoms with Gasteiger partial charge in [0, 0.05) is 19.5 Å². The number of carbonyl (C=O) groups excluding carboxylic acids is 3. The number of amides is 3. The Balaban J connectivity index is 1.45. The van der Waals surface area contributed by atoms with Gasteiger partial charge in [0.05, 0.1) is 17.5 Å². The molecule has 0 N–H and O–H groups in total. The molecule has 1 saturated carbocycles. The number of benzene rings is 1. The lowest BCUT2D eigenvalue weighted by atomic mass is 9.81. The summed E-state index contributed by atoms with van der Waals surface area (Å²) in [6.45, 7) is 0.573. The lowest BCUT2D eigenvalue weighted by Crippen LogP contribution is -2.40. The van der Waals surface area contributed by atoms with Gasteiger partial charge in [0.25, 0.3) is 0 Å². The summed E-state index contributed by atoms with van der Waals surface area (Å²) in [6.07, 6.45) is 5.09. The lowest BCUT2D eigenvalue weighted by Gasteiger charge is -2.30. The van der Waals surface area contributed by atoms with Crippen molar-refractivity contribution in [1.82, 2.24) is 4.90 Å². The summed E-state index contributed by atoms with van der Waals surface area (Å²) < 4.78 is 14.2. The highest BCUT2D eigenvalue weighted by molar-refractivity contribution is 6.05. The fourth-order valence-corrected chi connectivity index (χ4v) is 4.65. The molecule has 0 aromatic heterocycles. The number of halogens is 1. The number of likely N-dealkylation sites (tertiary alicyclic amines) is 1. The molecular weight excluding hydrogens is 335 g/mol. The summed E-state index contributed by atoms with van der Waals surface area (Å²) in [6, 6.07) is 4.87. The van der Waals surface area contributed by atoms with Crippen molar-refractivity contribution in [2.24, 2.45) is 11.8 Å². The van der Waals surface area contributed by atoms with Gasteiger partial charge in [-0.25, -0.2) is 4.39 Å². The molecule has 138 valence electrons. The van der Waals surface area contributed by atoms with Crippen molar-refractivity contribution in [3.8, 4) is 0 Å². The standard InChI is InChI=1S/C20H23FN2O3/c21-16-9-3-5-13-6-4-11-22(18(13)16)17(24)10-12-23-19(25)14-7-1-2-8-15(14)20(23)26/h3,5,9,14-15H,1-2,4,6-8,10-12H2. The maximum absolute atomic E-state index is 14.2.